The molecule has 14 heteroatoms. The van der Waals surface area contributed by atoms with Gasteiger partial charge in [-0.25, -0.2) is 24.0 Å². The number of benzene rings is 1. The molecule has 0 radical (unpaired) electrons. The first kappa shape index (κ1) is 34.7. The number of rotatable bonds is 7. The van der Waals surface area contributed by atoms with Crippen LogP contribution in [0.1, 0.15) is 54.9 Å². The van der Waals surface area contributed by atoms with Crippen molar-refractivity contribution in [3.8, 4) is 11.1 Å². The maximum atomic E-state index is 12.6. The SMILES string of the molecule is CCOC(=O)c1c(-c2ccc(C)cc2)csc1NC(=O)CCN1CCCCCC1.O=C(O)C(=O)O.O=C(O)C(=O)O. The summed E-state index contributed by atoms with van der Waals surface area (Å²) in [7, 11) is 0. The molecule has 0 bridgehead atoms. The summed E-state index contributed by atoms with van der Waals surface area (Å²) in [6.07, 6.45) is 5.41. The van der Waals surface area contributed by atoms with E-state index in [-0.39, 0.29) is 5.91 Å². The zero-order chi connectivity index (χ0) is 30.9. The summed E-state index contributed by atoms with van der Waals surface area (Å²) in [6, 6.07) is 8.01. The van der Waals surface area contributed by atoms with Gasteiger partial charge in [0.15, 0.2) is 0 Å². The second-order valence-corrected chi connectivity index (χ2v) is 9.59. The quantitative estimate of drug-likeness (QED) is 0.231. The number of carbonyl (C=O) groups excluding carboxylic acids is 2. The second-order valence-electron chi connectivity index (χ2n) is 8.71. The number of thiophene rings is 1. The van der Waals surface area contributed by atoms with Crippen LogP contribution >= 0.6 is 11.3 Å². The molecule has 1 saturated heterocycles. The Kier molecular flexibility index (Phi) is 15.4. The van der Waals surface area contributed by atoms with Gasteiger partial charge in [-0.15, -0.1) is 11.3 Å². The highest BCUT2D eigenvalue weighted by Crippen LogP contribution is 2.36. The monoisotopic (exact) mass is 594 g/mol. The lowest BCUT2D eigenvalue weighted by atomic mass is 10.0. The predicted molar refractivity (Wildman–Crippen MR) is 149 cm³/mol. The molecule has 0 unspecified atom stereocenters. The van der Waals surface area contributed by atoms with Crippen LogP contribution in [0.25, 0.3) is 11.1 Å². The lowest BCUT2D eigenvalue weighted by molar-refractivity contribution is -0.159. The van der Waals surface area contributed by atoms with E-state index in [4.69, 9.17) is 44.3 Å². The number of carbonyl (C=O) groups is 6. The van der Waals surface area contributed by atoms with Crippen LogP contribution in [0.3, 0.4) is 0 Å². The van der Waals surface area contributed by atoms with E-state index in [1.54, 1.807) is 6.92 Å². The second kappa shape index (κ2) is 18.1. The maximum Gasteiger partial charge on any atom is 0.414 e. The molecule has 2 aromatic rings. The number of ether oxygens (including phenoxy) is 1. The van der Waals surface area contributed by atoms with Gasteiger partial charge in [-0.2, -0.15) is 0 Å². The van der Waals surface area contributed by atoms with E-state index in [0.717, 1.165) is 36.3 Å². The first-order chi connectivity index (χ1) is 19.4. The zero-order valence-corrected chi connectivity index (χ0v) is 23.6. The minimum Gasteiger partial charge on any atom is -0.473 e. The molecule has 41 heavy (non-hydrogen) atoms. The highest BCUT2D eigenvalue weighted by atomic mass is 32.1. The number of nitrogens with one attached hydrogen (secondary N) is 1. The number of esters is 1. The number of aryl methyl sites for hydroxylation is 1. The molecule has 13 nitrogen and oxygen atoms in total. The Bertz CT molecular complexity index is 1150. The fraction of sp³-hybridized carbons (Fsp3) is 0.407. The van der Waals surface area contributed by atoms with Crippen LogP contribution in [0.15, 0.2) is 29.6 Å². The number of amides is 1. The van der Waals surface area contributed by atoms with Crippen LogP contribution in [0.2, 0.25) is 0 Å². The van der Waals surface area contributed by atoms with Crippen LogP contribution in [0.5, 0.6) is 0 Å². The molecule has 5 N–H and O–H groups in total. The van der Waals surface area contributed by atoms with Gasteiger partial charge in [-0.05, 0) is 45.3 Å². The van der Waals surface area contributed by atoms with Gasteiger partial charge in [0.25, 0.3) is 0 Å². The third kappa shape index (κ3) is 13.1. The smallest absolute Gasteiger partial charge is 0.414 e. The summed E-state index contributed by atoms with van der Waals surface area (Å²) < 4.78 is 5.27. The Morgan fingerprint density at radius 1 is 0.854 bits per heavy atom. The number of aliphatic carboxylic acids is 4. The summed E-state index contributed by atoms with van der Waals surface area (Å²) >= 11 is 1.38. The molecule has 0 spiro atoms. The first-order valence-electron chi connectivity index (χ1n) is 12.7. The fourth-order valence-electron chi connectivity index (χ4n) is 3.61. The van der Waals surface area contributed by atoms with Crippen molar-refractivity contribution < 1.29 is 53.9 Å². The molecule has 2 heterocycles. The Hall–Kier alpha value is -4.30. The molecule has 1 aromatic carbocycles. The highest BCUT2D eigenvalue weighted by Gasteiger charge is 2.23. The van der Waals surface area contributed by atoms with Crippen molar-refractivity contribution >= 4 is 52.1 Å². The van der Waals surface area contributed by atoms with E-state index >= 15 is 0 Å². The molecule has 1 fully saturated rings. The van der Waals surface area contributed by atoms with Crippen LogP contribution in [-0.4, -0.2) is 87.3 Å². The van der Waals surface area contributed by atoms with Crippen molar-refractivity contribution in [3.05, 3.63) is 40.8 Å². The minimum atomic E-state index is -1.82. The van der Waals surface area contributed by atoms with Gasteiger partial charge in [0.05, 0.1) is 6.61 Å². The third-order valence-corrected chi connectivity index (χ3v) is 6.50. The highest BCUT2D eigenvalue weighted by molar-refractivity contribution is 7.15. The maximum absolute atomic E-state index is 12.6. The van der Waals surface area contributed by atoms with E-state index in [0.29, 0.717) is 23.6 Å². The summed E-state index contributed by atoms with van der Waals surface area (Å²) in [6.45, 7) is 7.01. The van der Waals surface area contributed by atoms with Crippen molar-refractivity contribution in [2.75, 3.05) is 31.6 Å². The molecule has 1 aromatic heterocycles. The number of hydrogen-bond donors (Lipinski definition) is 5. The van der Waals surface area contributed by atoms with Crippen LogP contribution < -0.4 is 5.32 Å². The standard InChI is InChI=1S/C23H30N2O3S.2C2H2O4/c1-3-28-23(27)21-19(18-10-8-17(2)9-11-18)16-29-22(21)24-20(26)12-15-25-13-6-4-5-7-14-25;2*3-1(4)2(5)6/h8-11,16H,3-7,12-15H2,1-2H3,(H,24,26);2*(H,3,4)(H,5,6). The van der Waals surface area contributed by atoms with Gasteiger partial charge >= 0.3 is 29.8 Å². The Labute approximate surface area is 240 Å². The number of likely N-dealkylation sites (tertiary alicyclic amines) is 1. The number of nitrogens with zero attached hydrogens (tertiary/aromatic N) is 1. The predicted octanol–water partition coefficient (Wildman–Crippen LogP) is 3.42. The van der Waals surface area contributed by atoms with E-state index in [1.165, 1.54) is 37.0 Å². The molecule has 0 saturated carbocycles. The number of anilines is 1. The van der Waals surface area contributed by atoms with Gasteiger partial charge in [0, 0.05) is 23.9 Å². The molecule has 1 amide bonds. The fourth-order valence-corrected chi connectivity index (χ4v) is 4.58. The summed E-state index contributed by atoms with van der Waals surface area (Å²) in [5.41, 5.74) is 3.35. The molecule has 0 aliphatic carbocycles. The van der Waals surface area contributed by atoms with Gasteiger partial charge in [0.2, 0.25) is 5.91 Å². The Morgan fingerprint density at radius 3 is 1.83 bits per heavy atom. The normalized spacial score (nSPS) is 12.7. The van der Waals surface area contributed by atoms with Gasteiger partial charge in [0.1, 0.15) is 10.6 Å². The van der Waals surface area contributed by atoms with Crippen molar-refractivity contribution in [2.45, 2.75) is 46.0 Å². The van der Waals surface area contributed by atoms with Gasteiger partial charge in [-0.1, -0.05) is 42.7 Å². The van der Waals surface area contributed by atoms with Crippen LogP contribution in [0, 0.1) is 6.92 Å². The molecule has 224 valence electrons. The Balaban J connectivity index is 0.000000588. The topological polar surface area (TPSA) is 208 Å². The number of carboxylic acids is 4. The minimum absolute atomic E-state index is 0.0582. The van der Waals surface area contributed by atoms with Gasteiger partial charge in [-0.3, -0.25) is 4.79 Å². The van der Waals surface area contributed by atoms with E-state index in [1.807, 2.05) is 36.6 Å². The average Bonchev–Trinajstić information content (AvgIpc) is 3.14. The summed E-state index contributed by atoms with van der Waals surface area (Å²) in [5, 5.41) is 35.0. The number of hydrogen-bond acceptors (Lipinski definition) is 9. The lowest BCUT2D eigenvalue weighted by Crippen LogP contribution is -2.28. The van der Waals surface area contributed by atoms with Crippen LogP contribution in [-0.2, 0) is 28.7 Å². The van der Waals surface area contributed by atoms with E-state index in [2.05, 4.69) is 10.2 Å². The summed E-state index contributed by atoms with van der Waals surface area (Å²) in [4.78, 5) is 64.0. The third-order valence-electron chi connectivity index (χ3n) is 5.61. The lowest BCUT2D eigenvalue weighted by Gasteiger charge is -2.19. The molecule has 0 atom stereocenters. The average molecular weight is 595 g/mol. The van der Waals surface area contributed by atoms with Crippen molar-refractivity contribution in [2.24, 2.45) is 0 Å². The van der Waals surface area contributed by atoms with E-state index in [9.17, 15) is 9.59 Å². The van der Waals surface area contributed by atoms with Crippen molar-refractivity contribution in [1.29, 1.82) is 0 Å². The largest absolute Gasteiger partial charge is 0.473 e. The molecule has 1 aliphatic rings. The molecular formula is C27H34N2O11S. The molecule has 1 aliphatic heterocycles. The van der Waals surface area contributed by atoms with Crippen LogP contribution in [0.4, 0.5) is 5.00 Å². The van der Waals surface area contributed by atoms with Gasteiger partial charge < -0.3 is 35.4 Å². The van der Waals surface area contributed by atoms with Crippen molar-refractivity contribution in [1.82, 2.24) is 4.90 Å². The summed E-state index contributed by atoms with van der Waals surface area (Å²) in [5.74, 6) is -7.75. The molecular weight excluding hydrogens is 560 g/mol. The van der Waals surface area contributed by atoms with E-state index < -0.39 is 29.8 Å². The Morgan fingerprint density at radius 2 is 1.37 bits per heavy atom. The zero-order valence-electron chi connectivity index (χ0n) is 22.8. The first-order valence-corrected chi connectivity index (χ1v) is 13.6. The molecule has 3 rings (SSSR count). The number of carboxylic acid groups (broad SMARTS) is 4. The van der Waals surface area contributed by atoms with Crippen molar-refractivity contribution in [3.63, 3.8) is 0 Å².